The van der Waals surface area contributed by atoms with Crippen molar-refractivity contribution in [1.82, 2.24) is 4.98 Å². The molecule has 84 valence electrons. The maximum atomic E-state index is 13.6. The lowest BCUT2D eigenvalue weighted by Gasteiger charge is -2.07. The minimum atomic E-state index is -0.315. The summed E-state index contributed by atoms with van der Waals surface area (Å²) >= 11 is 6.11. The smallest absolute Gasteiger partial charge is 0.149 e. The number of pyridine rings is 1. The minimum absolute atomic E-state index is 0.315. The van der Waals surface area contributed by atoms with Crippen LogP contribution in [-0.2, 0) is 6.42 Å². The zero-order chi connectivity index (χ0) is 11.7. The normalized spacial score (nSPS) is 11.3. The predicted octanol–water partition coefficient (Wildman–Crippen LogP) is 4.23. The third-order valence-corrected chi connectivity index (χ3v) is 2.72. The zero-order valence-corrected chi connectivity index (χ0v) is 10.1. The van der Waals surface area contributed by atoms with Crippen molar-refractivity contribution in [2.45, 2.75) is 20.3 Å². The summed E-state index contributed by atoms with van der Waals surface area (Å²) in [5.74, 6) is 0.165. The molecule has 16 heavy (non-hydrogen) atoms. The Bertz CT molecular complexity index is 523. The van der Waals surface area contributed by atoms with Crippen molar-refractivity contribution in [2.24, 2.45) is 5.92 Å². The summed E-state index contributed by atoms with van der Waals surface area (Å²) in [7, 11) is 0. The van der Waals surface area contributed by atoms with E-state index in [2.05, 4.69) is 18.8 Å². The largest absolute Gasteiger partial charge is 0.250 e. The number of nitrogens with zero attached hydrogens (tertiary/aromatic N) is 1. The molecule has 0 fully saturated rings. The average molecular weight is 238 g/mol. The second-order valence-corrected chi connectivity index (χ2v) is 4.74. The van der Waals surface area contributed by atoms with Gasteiger partial charge in [0, 0.05) is 11.1 Å². The molecule has 0 aliphatic heterocycles. The predicted molar refractivity (Wildman–Crippen MR) is 65.3 cm³/mol. The van der Waals surface area contributed by atoms with Gasteiger partial charge in [-0.3, -0.25) is 0 Å². The topological polar surface area (TPSA) is 12.9 Å². The molecule has 0 aliphatic carbocycles. The van der Waals surface area contributed by atoms with Gasteiger partial charge in [-0.15, -0.1) is 0 Å². The van der Waals surface area contributed by atoms with Crippen LogP contribution in [0.1, 0.15) is 19.5 Å². The fourth-order valence-corrected chi connectivity index (χ4v) is 2.02. The SMILES string of the molecule is CC(C)Cc1cc(Cl)c2cccc(F)c2n1. The van der Waals surface area contributed by atoms with Gasteiger partial charge in [0.1, 0.15) is 11.3 Å². The highest BCUT2D eigenvalue weighted by Gasteiger charge is 2.08. The monoisotopic (exact) mass is 237 g/mol. The Morgan fingerprint density at radius 3 is 2.81 bits per heavy atom. The highest BCUT2D eigenvalue weighted by molar-refractivity contribution is 6.35. The first-order valence-electron chi connectivity index (χ1n) is 5.31. The molecule has 2 aromatic rings. The summed E-state index contributed by atoms with van der Waals surface area (Å²) in [6, 6.07) is 6.66. The molecular weight excluding hydrogens is 225 g/mol. The van der Waals surface area contributed by atoms with Gasteiger partial charge in [0.2, 0.25) is 0 Å². The van der Waals surface area contributed by atoms with Crippen LogP contribution in [0.3, 0.4) is 0 Å². The fourth-order valence-electron chi connectivity index (χ4n) is 1.74. The Balaban J connectivity index is 2.61. The van der Waals surface area contributed by atoms with Gasteiger partial charge in [-0.1, -0.05) is 37.6 Å². The van der Waals surface area contributed by atoms with Gasteiger partial charge in [-0.05, 0) is 24.5 Å². The van der Waals surface area contributed by atoms with Crippen molar-refractivity contribution in [2.75, 3.05) is 0 Å². The fraction of sp³-hybridized carbons (Fsp3) is 0.308. The summed E-state index contributed by atoms with van der Waals surface area (Å²) in [6.45, 7) is 4.20. The van der Waals surface area contributed by atoms with E-state index < -0.39 is 0 Å². The number of hydrogen-bond donors (Lipinski definition) is 0. The molecule has 0 atom stereocenters. The Morgan fingerprint density at radius 1 is 1.38 bits per heavy atom. The van der Waals surface area contributed by atoms with Crippen LogP contribution in [0.2, 0.25) is 5.02 Å². The number of halogens is 2. The first-order chi connectivity index (χ1) is 7.58. The molecule has 0 aliphatic rings. The first kappa shape index (κ1) is 11.3. The number of hydrogen-bond acceptors (Lipinski definition) is 1. The lowest BCUT2D eigenvalue weighted by atomic mass is 10.1. The number of para-hydroxylation sites is 1. The highest BCUT2D eigenvalue weighted by Crippen LogP contribution is 2.25. The van der Waals surface area contributed by atoms with Crippen LogP contribution in [0.15, 0.2) is 24.3 Å². The average Bonchev–Trinajstić information content (AvgIpc) is 2.19. The van der Waals surface area contributed by atoms with E-state index in [-0.39, 0.29) is 5.82 Å². The highest BCUT2D eigenvalue weighted by atomic mass is 35.5. The molecule has 0 amide bonds. The van der Waals surface area contributed by atoms with Crippen molar-refractivity contribution >= 4 is 22.5 Å². The van der Waals surface area contributed by atoms with E-state index in [9.17, 15) is 4.39 Å². The Kier molecular flexibility index (Phi) is 3.10. The molecule has 2 rings (SSSR count). The van der Waals surface area contributed by atoms with E-state index in [1.807, 2.05) is 6.07 Å². The van der Waals surface area contributed by atoms with Crippen LogP contribution in [0.25, 0.3) is 10.9 Å². The molecule has 1 aromatic carbocycles. The summed E-state index contributed by atoms with van der Waals surface area (Å²) in [5, 5.41) is 1.24. The van der Waals surface area contributed by atoms with E-state index in [4.69, 9.17) is 11.6 Å². The van der Waals surface area contributed by atoms with E-state index in [0.29, 0.717) is 21.8 Å². The van der Waals surface area contributed by atoms with Crippen LogP contribution >= 0.6 is 11.6 Å². The Labute approximate surface area is 99.3 Å². The third kappa shape index (κ3) is 2.17. The lowest BCUT2D eigenvalue weighted by Crippen LogP contribution is -1.98. The van der Waals surface area contributed by atoms with Crippen LogP contribution in [0, 0.1) is 11.7 Å². The molecule has 0 unspecified atom stereocenters. The van der Waals surface area contributed by atoms with Crippen LogP contribution < -0.4 is 0 Å². The number of rotatable bonds is 2. The Morgan fingerprint density at radius 2 is 2.12 bits per heavy atom. The van der Waals surface area contributed by atoms with Crippen LogP contribution in [0.4, 0.5) is 4.39 Å². The van der Waals surface area contributed by atoms with E-state index in [1.165, 1.54) is 6.07 Å². The Hall–Kier alpha value is -1.15. The number of benzene rings is 1. The number of fused-ring (bicyclic) bond motifs is 1. The molecule has 0 bridgehead atoms. The quantitative estimate of drug-likeness (QED) is 0.762. The molecule has 0 radical (unpaired) electrons. The molecule has 1 nitrogen and oxygen atoms in total. The molecule has 1 heterocycles. The zero-order valence-electron chi connectivity index (χ0n) is 9.30. The first-order valence-corrected chi connectivity index (χ1v) is 5.69. The van der Waals surface area contributed by atoms with Crippen LogP contribution in [-0.4, -0.2) is 4.98 Å². The van der Waals surface area contributed by atoms with Crippen LogP contribution in [0.5, 0.6) is 0 Å². The van der Waals surface area contributed by atoms with Gasteiger partial charge in [-0.25, -0.2) is 9.37 Å². The van der Waals surface area contributed by atoms with Gasteiger partial charge in [-0.2, -0.15) is 0 Å². The van der Waals surface area contributed by atoms with Crippen molar-refractivity contribution < 1.29 is 4.39 Å². The molecule has 0 N–H and O–H groups in total. The minimum Gasteiger partial charge on any atom is -0.250 e. The summed E-state index contributed by atoms with van der Waals surface area (Å²) < 4.78 is 13.6. The molecule has 3 heteroatoms. The van der Waals surface area contributed by atoms with Gasteiger partial charge < -0.3 is 0 Å². The molecule has 0 saturated carbocycles. The van der Waals surface area contributed by atoms with Crippen molar-refractivity contribution in [3.63, 3.8) is 0 Å². The summed E-state index contributed by atoms with van der Waals surface area (Å²) in [5.41, 5.74) is 1.21. The second kappa shape index (κ2) is 4.38. The standard InChI is InChI=1S/C13H13ClFN/c1-8(2)6-9-7-11(14)10-4-3-5-12(15)13(10)16-9/h3-5,7-8H,6H2,1-2H3. The molecule has 0 spiro atoms. The molecule has 0 saturated heterocycles. The maximum absolute atomic E-state index is 13.6. The molecular formula is C13H13ClFN. The maximum Gasteiger partial charge on any atom is 0.149 e. The lowest BCUT2D eigenvalue weighted by molar-refractivity contribution is 0.625. The summed E-state index contributed by atoms with van der Waals surface area (Å²) in [6.07, 6.45) is 0.810. The van der Waals surface area contributed by atoms with Gasteiger partial charge in [0.05, 0.1) is 5.02 Å². The number of aromatic nitrogens is 1. The molecule has 1 aromatic heterocycles. The summed E-state index contributed by atoms with van der Waals surface area (Å²) in [4.78, 5) is 4.32. The van der Waals surface area contributed by atoms with Gasteiger partial charge in [0.15, 0.2) is 0 Å². The third-order valence-electron chi connectivity index (χ3n) is 2.41. The van der Waals surface area contributed by atoms with E-state index in [1.54, 1.807) is 12.1 Å². The van der Waals surface area contributed by atoms with Crippen molar-refractivity contribution in [3.05, 3.63) is 40.8 Å². The second-order valence-electron chi connectivity index (χ2n) is 4.33. The van der Waals surface area contributed by atoms with Gasteiger partial charge >= 0.3 is 0 Å². The van der Waals surface area contributed by atoms with E-state index >= 15 is 0 Å². The van der Waals surface area contributed by atoms with Crippen molar-refractivity contribution in [3.8, 4) is 0 Å². The van der Waals surface area contributed by atoms with E-state index in [0.717, 1.165) is 12.1 Å². The van der Waals surface area contributed by atoms with Crippen molar-refractivity contribution in [1.29, 1.82) is 0 Å². The van der Waals surface area contributed by atoms with Gasteiger partial charge in [0.25, 0.3) is 0 Å².